The van der Waals surface area contributed by atoms with Crippen LogP contribution in [0.25, 0.3) is 0 Å². The number of rotatable bonds is 8. The van der Waals surface area contributed by atoms with Gasteiger partial charge >= 0.3 is 11.9 Å². The van der Waals surface area contributed by atoms with Crippen LogP contribution >= 0.6 is 0 Å². The minimum atomic E-state index is -1.13. The molecular weight excluding hydrogens is 600 g/mol. The zero-order valence-corrected chi connectivity index (χ0v) is 33.7. The van der Waals surface area contributed by atoms with Gasteiger partial charge in [-0.1, -0.05) is 67.0 Å². The molecule has 2 heterocycles. The molecule has 0 bridgehead atoms. The van der Waals surface area contributed by atoms with Crippen LogP contribution in [-0.4, -0.2) is 75.3 Å². The van der Waals surface area contributed by atoms with E-state index in [0.717, 1.165) is 23.1 Å². The molecule has 2 fully saturated rings. The van der Waals surface area contributed by atoms with E-state index in [4.69, 9.17) is 9.47 Å². The van der Waals surface area contributed by atoms with Crippen molar-refractivity contribution in [1.82, 2.24) is 9.80 Å². The van der Waals surface area contributed by atoms with Gasteiger partial charge in [-0.05, 0) is 103 Å². The van der Waals surface area contributed by atoms with Gasteiger partial charge in [0.25, 0.3) is 0 Å². The number of aromatic hydroxyl groups is 1. The summed E-state index contributed by atoms with van der Waals surface area (Å²) >= 11 is 0. The highest BCUT2D eigenvalue weighted by molar-refractivity contribution is 5.96. The Morgan fingerprint density at radius 3 is 1.31 bits per heavy atom. The van der Waals surface area contributed by atoms with Gasteiger partial charge in [-0.15, -0.1) is 0 Å². The average Bonchev–Trinajstić information content (AvgIpc) is 2.88. The summed E-state index contributed by atoms with van der Waals surface area (Å²) in [5, 5.41) is 11.5. The Morgan fingerprint density at radius 1 is 0.729 bits per heavy atom. The quantitative estimate of drug-likeness (QED) is 0.219. The summed E-state index contributed by atoms with van der Waals surface area (Å²) in [4.78, 5) is 34.0. The smallest absolute Gasteiger partial charge is 0.321 e. The first-order valence-corrected chi connectivity index (χ1v) is 18.3. The van der Waals surface area contributed by atoms with Crippen LogP contribution in [-0.2, 0) is 29.9 Å². The number of likely N-dealkylation sites (tertiary alicyclic amines) is 2. The minimum absolute atomic E-state index is 0.184. The van der Waals surface area contributed by atoms with E-state index in [1.165, 1.54) is 0 Å². The molecule has 2 saturated heterocycles. The van der Waals surface area contributed by atoms with Crippen molar-refractivity contribution in [2.45, 2.75) is 193 Å². The molecule has 7 heteroatoms. The number of benzene rings is 1. The molecule has 0 aliphatic carbocycles. The number of phenolic OH excluding ortho intramolecular Hbond substituents is 1. The molecule has 3 rings (SSSR count). The van der Waals surface area contributed by atoms with Crippen molar-refractivity contribution in [1.29, 1.82) is 0 Å². The van der Waals surface area contributed by atoms with E-state index in [2.05, 4.69) is 128 Å². The van der Waals surface area contributed by atoms with E-state index in [9.17, 15) is 14.7 Å². The maximum Gasteiger partial charge on any atom is 0.321 e. The van der Waals surface area contributed by atoms with Gasteiger partial charge in [-0.3, -0.25) is 19.4 Å². The summed E-state index contributed by atoms with van der Waals surface area (Å²) in [5.74, 6) is -2.34. The molecule has 1 aromatic rings. The Labute approximate surface area is 293 Å². The van der Waals surface area contributed by atoms with Gasteiger partial charge in [0.2, 0.25) is 0 Å². The molecule has 1 atom stereocenters. The SMILES string of the molecule is CCCC(c1cc(C(C)(C)C)c(O)c(C(C)(C)C)c1)C(C(=O)OC1CC(C)(C)N(C)C(C)(C)C1)C(=O)OC1CC(C)(C)N(C)C(C)(C)C1. The third-order valence-corrected chi connectivity index (χ3v) is 11.8. The van der Waals surface area contributed by atoms with E-state index in [1.807, 2.05) is 12.1 Å². The first-order chi connectivity index (χ1) is 21.5. The second-order valence-corrected chi connectivity index (χ2v) is 19.6. The Bertz CT molecular complexity index is 1200. The lowest BCUT2D eigenvalue weighted by Crippen LogP contribution is -2.61. The number of phenols is 1. The number of nitrogens with zero attached hydrogens (tertiary/aromatic N) is 2. The van der Waals surface area contributed by atoms with Gasteiger partial charge in [-0.2, -0.15) is 0 Å². The lowest BCUT2D eigenvalue weighted by molar-refractivity contribution is -0.178. The second-order valence-electron chi connectivity index (χ2n) is 19.6. The van der Waals surface area contributed by atoms with Crippen LogP contribution in [0.2, 0.25) is 0 Å². The molecule has 1 unspecified atom stereocenters. The minimum Gasteiger partial charge on any atom is -0.507 e. The van der Waals surface area contributed by atoms with Gasteiger partial charge in [0.15, 0.2) is 5.92 Å². The molecule has 0 spiro atoms. The third kappa shape index (κ3) is 8.60. The predicted molar refractivity (Wildman–Crippen MR) is 197 cm³/mol. The van der Waals surface area contributed by atoms with Gasteiger partial charge in [0.1, 0.15) is 18.0 Å². The Balaban J connectivity index is 2.16. The topological polar surface area (TPSA) is 79.3 Å². The lowest BCUT2D eigenvalue weighted by Gasteiger charge is -2.53. The predicted octanol–water partition coefficient (Wildman–Crippen LogP) is 8.88. The van der Waals surface area contributed by atoms with E-state index in [1.54, 1.807) is 0 Å². The lowest BCUT2D eigenvalue weighted by atomic mass is 9.74. The summed E-state index contributed by atoms with van der Waals surface area (Å²) in [6.45, 7) is 32.0. The number of hydrogen-bond donors (Lipinski definition) is 1. The second kappa shape index (κ2) is 13.5. The molecule has 0 saturated carbocycles. The Hall–Kier alpha value is -2.12. The van der Waals surface area contributed by atoms with E-state index in [-0.39, 0.29) is 50.9 Å². The number of carbonyl (C=O) groups excluding carboxylic acids is 2. The first kappa shape index (κ1) is 40.3. The van der Waals surface area contributed by atoms with Crippen LogP contribution in [0.15, 0.2) is 12.1 Å². The van der Waals surface area contributed by atoms with Gasteiger partial charge < -0.3 is 14.6 Å². The molecule has 2 aliphatic heterocycles. The summed E-state index contributed by atoms with van der Waals surface area (Å²) in [7, 11) is 4.26. The molecule has 48 heavy (non-hydrogen) atoms. The first-order valence-electron chi connectivity index (χ1n) is 18.3. The summed E-state index contributed by atoms with van der Waals surface area (Å²) in [6.07, 6.45) is 3.42. The van der Waals surface area contributed by atoms with Crippen LogP contribution in [0, 0.1) is 5.92 Å². The normalized spacial score (nSPS) is 22.8. The fourth-order valence-electron chi connectivity index (χ4n) is 8.48. The van der Waals surface area contributed by atoms with Crippen molar-refractivity contribution in [2.75, 3.05) is 14.1 Å². The van der Waals surface area contributed by atoms with Crippen molar-refractivity contribution in [2.24, 2.45) is 5.92 Å². The van der Waals surface area contributed by atoms with Crippen molar-refractivity contribution in [3.63, 3.8) is 0 Å². The Kier molecular flexibility index (Phi) is 11.4. The fourth-order valence-corrected chi connectivity index (χ4v) is 8.48. The highest BCUT2D eigenvalue weighted by atomic mass is 16.6. The summed E-state index contributed by atoms with van der Waals surface area (Å²) in [5.41, 5.74) is 1.04. The average molecular weight is 671 g/mol. The molecule has 2 aliphatic rings. The molecule has 0 aromatic heterocycles. The summed E-state index contributed by atoms with van der Waals surface area (Å²) in [6, 6.07) is 4.03. The van der Waals surface area contributed by atoms with Crippen LogP contribution in [0.1, 0.15) is 165 Å². The number of esters is 2. The van der Waals surface area contributed by atoms with Gasteiger partial charge in [-0.25, -0.2) is 0 Å². The molecule has 274 valence electrons. The van der Waals surface area contributed by atoms with E-state index >= 15 is 0 Å². The van der Waals surface area contributed by atoms with E-state index < -0.39 is 23.8 Å². The number of ether oxygens (including phenoxy) is 2. The van der Waals surface area contributed by atoms with Crippen molar-refractivity contribution < 1.29 is 24.2 Å². The van der Waals surface area contributed by atoms with E-state index in [0.29, 0.717) is 32.1 Å². The van der Waals surface area contributed by atoms with Gasteiger partial charge in [0, 0.05) is 53.8 Å². The van der Waals surface area contributed by atoms with Crippen molar-refractivity contribution >= 4 is 11.9 Å². The maximum atomic E-state index is 14.6. The number of piperidine rings is 2. The molecule has 1 aromatic carbocycles. The molecule has 1 N–H and O–H groups in total. The number of carbonyl (C=O) groups is 2. The molecule has 7 nitrogen and oxygen atoms in total. The highest BCUT2D eigenvalue weighted by Gasteiger charge is 2.49. The fraction of sp³-hybridized carbons (Fsp3) is 0.805. The zero-order chi connectivity index (χ0) is 37.0. The maximum absolute atomic E-state index is 14.6. The molecule has 0 amide bonds. The number of hydrogen-bond acceptors (Lipinski definition) is 7. The van der Waals surface area contributed by atoms with Crippen molar-refractivity contribution in [3.8, 4) is 5.75 Å². The zero-order valence-electron chi connectivity index (χ0n) is 33.7. The molecule has 0 radical (unpaired) electrons. The Morgan fingerprint density at radius 2 is 1.04 bits per heavy atom. The summed E-state index contributed by atoms with van der Waals surface area (Å²) < 4.78 is 12.9. The van der Waals surface area contributed by atoms with Crippen LogP contribution in [0.3, 0.4) is 0 Å². The largest absolute Gasteiger partial charge is 0.507 e. The third-order valence-electron chi connectivity index (χ3n) is 11.8. The highest BCUT2D eigenvalue weighted by Crippen LogP contribution is 2.45. The van der Waals surface area contributed by atoms with Crippen molar-refractivity contribution in [3.05, 3.63) is 28.8 Å². The molecular formula is C41H70N2O5. The van der Waals surface area contributed by atoms with Crippen LogP contribution < -0.4 is 0 Å². The standard InChI is InChI=1S/C41H70N2O5/c1-18-19-29(26-20-30(36(2,3)4)33(44)31(21-26)37(5,6)7)32(34(45)47-27-22-38(8,9)42(16)39(10,11)23-27)35(46)48-28-24-40(12,13)43(17)41(14,15)25-28/h20-21,27-29,32,44H,18-19,22-25H2,1-17H3. The van der Waals surface area contributed by atoms with Gasteiger partial charge in [0.05, 0.1) is 0 Å². The van der Waals surface area contributed by atoms with Crippen LogP contribution in [0.5, 0.6) is 5.75 Å². The monoisotopic (exact) mass is 671 g/mol. The van der Waals surface area contributed by atoms with Crippen LogP contribution in [0.4, 0.5) is 0 Å².